The lowest BCUT2D eigenvalue weighted by Crippen LogP contribution is -2.47. The molecule has 1 saturated heterocycles. The molecule has 0 aliphatic carbocycles. The molecule has 34 heavy (non-hydrogen) atoms. The van der Waals surface area contributed by atoms with Crippen molar-refractivity contribution in [3.63, 3.8) is 0 Å². The van der Waals surface area contributed by atoms with Crippen molar-refractivity contribution >= 4 is 23.6 Å². The first-order chi connectivity index (χ1) is 16.5. The van der Waals surface area contributed by atoms with E-state index in [1.54, 1.807) is 48.5 Å². The van der Waals surface area contributed by atoms with Gasteiger partial charge in [0.05, 0.1) is 22.3 Å². The van der Waals surface area contributed by atoms with Crippen LogP contribution in [0.25, 0.3) is 0 Å². The monoisotopic (exact) mass is 460 g/mol. The predicted molar refractivity (Wildman–Crippen MR) is 126 cm³/mol. The van der Waals surface area contributed by atoms with Crippen molar-refractivity contribution in [3.8, 4) is 0 Å². The molecule has 176 valence electrons. The van der Waals surface area contributed by atoms with E-state index in [0.29, 0.717) is 35.3 Å². The summed E-state index contributed by atoms with van der Waals surface area (Å²) in [6.07, 6.45) is 1.51. The van der Waals surface area contributed by atoms with E-state index in [0.717, 1.165) is 52.1 Å². The van der Waals surface area contributed by atoms with Crippen molar-refractivity contribution in [1.29, 1.82) is 0 Å². The van der Waals surface area contributed by atoms with Gasteiger partial charge in [-0.1, -0.05) is 24.3 Å². The number of nitrogens with zero attached hydrogens (tertiary/aromatic N) is 4. The van der Waals surface area contributed by atoms with E-state index < -0.39 is 0 Å². The fraction of sp³-hybridized carbons (Fsp3) is 0.385. The van der Waals surface area contributed by atoms with Crippen LogP contribution in [0.1, 0.15) is 54.3 Å². The van der Waals surface area contributed by atoms with Gasteiger partial charge in [-0.2, -0.15) is 0 Å². The second-order valence-electron chi connectivity index (χ2n) is 9.01. The third-order valence-electron chi connectivity index (χ3n) is 6.93. The minimum Gasteiger partial charge on any atom is -0.301 e. The average molecular weight is 461 g/mol. The van der Waals surface area contributed by atoms with Gasteiger partial charge in [0.2, 0.25) is 0 Å². The van der Waals surface area contributed by atoms with E-state index in [4.69, 9.17) is 0 Å². The molecule has 1 fully saturated rings. The van der Waals surface area contributed by atoms with Gasteiger partial charge in [0, 0.05) is 39.3 Å². The molecular weight excluding hydrogens is 432 g/mol. The highest BCUT2D eigenvalue weighted by atomic mass is 16.2. The third-order valence-corrected chi connectivity index (χ3v) is 6.93. The Morgan fingerprint density at radius 1 is 0.471 bits per heavy atom. The second-order valence-corrected chi connectivity index (χ2v) is 9.01. The Morgan fingerprint density at radius 3 is 1.06 bits per heavy atom. The Morgan fingerprint density at radius 2 is 0.765 bits per heavy atom. The number of piperazine rings is 1. The summed E-state index contributed by atoms with van der Waals surface area (Å²) in [6.45, 7) is 6.26. The SMILES string of the molecule is O=C1c2ccccc2C(=O)N1CCCN1CCN(CCCN2C(=O)c3ccccc3C2=O)CC1. The van der Waals surface area contributed by atoms with Crippen LogP contribution in [0.2, 0.25) is 0 Å². The van der Waals surface area contributed by atoms with Crippen LogP contribution in [-0.2, 0) is 0 Å². The molecule has 2 aromatic carbocycles. The molecule has 0 unspecified atom stereocenters. The summed E-state index contributed by atoms with van der Waals surface area (Å²) in [5.74, 6) is -0.765. The van der Waals surface area contributed by atoms with E-state index in [1.165, 1.54) is 9.80 Å². The summed E-state index contributed by atoms with van der Waals surface area (Å²) in [6, 6.07) is 14.0. The lowest BCUT2D eigenvalue weighted by atomic mass is 10.1. The number of hydrogen-bond acceptors (Lipinski definition) is 6. The van der Waals surface area contributed by atoms with Crippen molar-refractivity contribution < 1.29 is 19.2 Å². The zero-order valence-electron chi connectivity index (χ0n) is 19.1. The standard InChI is InChI=1S/C26H28N4O4/c31-23-19-7-1-2-8-20(19)24(32)29(23)13-5-11-27-15-17-28(18-16-27)12-6-14-30-25(33)21-9-3-4-10-22(21)26(30)34/h1-4,7-10H,5-6,11-18H2. The van der Waals surface area contributed by atoms with Gasteiger partial charge in [-0.25, -0.2) is 0 Å². The molecule has 3 aliphatic rings. The van der Waals surface area contributed by atoms with Crippen LogP contribution < -0.4 is 0 Å². The summed E-state index contributed by atoms with van der Waals surface area (Å²) in [5, 5.41) is 0. The number of rotatable bonds is 8. The van der Waals surface area contributed by atoms with Gasteiger partial charge < -0.3 is 9.80 Å². The van der Waals surface area contributed by atoms with Crippen LogP contribution in [0.3, 0.4) is 0 Å². The van der Waals surface area contributed by atoms with Crippen molar-refractivity contribution in [1.82, 2.24) is 19.6 Å². The van der Waals surface area contributed by atoms with E-state index >= 15 is 0 Å². The Balaban J connectivity index is 1.01. The maximum absolute atomic E-state index is 12.5. The van der Waals surface area contributed by atoms with E-state index in [-0.39, 0.29) is 23.6 Å². The van der Waals surface area contributed by atoms with Crippen LogP contribution >= 0.6 is 0 Å². The second kappa shape index (κ2) is 9.48. The van der Waals surface area contributed by atoms with Crippen LogP contribution in [0, 0.1) is 0 Å². The average Bonchev–Trinajstić information content (AvgIpc) is 3.26. The molecule has 8 nitrogen and oxygen atoms in total. The van der Waals surface area contributed by atoms with Gasteiger partial charge in [0.25, 0.3) is 23.6 Å². The highest BCUT2D eigenvalue weighted by Gasteiger charge is 2.35. The molecule has 0 radical (unpaired) electrons. The summed E-state index contributed by atoms with van der Waals surface area (Å²) < 4.78 is 0. The van der Waals surface area contributed by atoms with Crippen LogP contribution in [0.4, 0.5) is 0 Å². The number of hydrogen-bond donors (Lipinski definition) is 0. The maximum atomic E-state index is 12.5. The summed E-state index contributed by atoms with van der Waals surface area (Å²) in [5.41, 5.74) is 2.01. The van der Waals surface area contributed by atoms with Gasteiger partial charge in [0.15, 0.2) is 0 Å². The topological polar surface area (TPSA) is 81.2 Å². The molecule has 0 aromatic heterocycles. The van der Waals surface area contributed by atoms with Crippen molar-refractivity contribution in [2.24, 2.45) is 0 Å². The first kappa shape index (κ1) is 22.4. The van der Waals surface area contributed by atoms with Crippen LogP contribution in [0.15, 0.2) is 48.5 Å². The molecule has 2 aromatic rings. The summed E-state index contributed by atoms with van der Waals surface area (Å²) >= 11 is 0. The largest absolute Gasteiger partial charge is 0.301 e. The summed E-state index contributed by atoms with van der Waals surface area (Å²) in [4.78, 5) is 57.3. The molecular formula is C26H28N4O4. The Hall–Kier alpha value is -3.36. The first-order valence-electron chi connectivity index (χ1n) is 11.9. The number of fused-ring (bicyclic) bond motifs is 2. The van der Waals surface area contributed by atoms with Crippen molar-refractivity contribution in [3.05, 3.63) is 70.8 Å². The first-order valence-corrected chi connectivity index (χ1v) is 11.9. The Bertz CT molecular complexity index is 980. The molecule has 0 N–H and O–H groups in total. The third kappa shape index (κ3) is 4.15. The molecule has 0 atom stereocenters. The fourth-order valence-electron chi connectivity index (χ4n) is 5.03. The Labute approximate surface area is 198 Å². The number of amides is 4. The quantitative estimate of drug-likeness (QED) is 0.561. The highest BCUT2D eigenvalue weighted by molar-refractivity contribution is 6.22. The molecule has 5 rings (SSSR count). The van der Waals surface area contributed by atoms with Gasteiger partial charge in [-0.05, 0) is 50.2 Å². The van der Waals surface area contributed by atoms with E-state index in [9.17, 15) is 19.2 Å². The predicted octanol–water partition coefficient (Wildman–Crippen LogP) is 1.98. The molecule has 4 amide bonds. The summed E-state index contributed by atoms with van der Waals surface area (Å²) in [7, 11) is 0. The van der Waals surface area contributed by atoms with Gasteiger partial charge in [-0.15, -0.1) is 0 Å². The number of carbonyl (C=O) groups is 4. The maximum Gasteiger partial charge on any atom is 0.261 e. The van der Waals surface area contributed by atoms with Gasteiger partial charge in [0.1, 0.15) is 0 Å². The Kier molecular flexibility index (Phi) is 6.26. The van der Waals surface area contributed by atoms with Gasteiger partial charge in [-0.3, -0.25) is 29.0 Å². The number of benzene rings is 2. The minimum absolute atomic E-state index is 0.191. The zero-order valence-corrected chi connectivity index (χ0v) is 19.1. The van der Waals surface area contributed by atoms with Crippen molar-refractivity contribution in [2.45, 2.75) is 12.8 Å². The van der Waals surface area contributed by atoms with E-state index in [2.05, 4.69) is 9.80 Å². The molecule has 0 bridgehead atoms. The molecule has 3 aliphatic heterocycles. The normalized spacial score (nSPS) is 18.7. The molecule has 0 saturated carbocycles. The van der Waals surface area contributed by atoms with Gasteiger partial charge >= 0.3 is 0 Å². The minimum atomic E-state index is -0.191. The zero-order chi connectivity index (χ0) is 23.7. The fourth-order valence-corrected chi connectivity index (χ4v) is 5.03. The van der Waals surface area contributed by atoms with Crippen molar-refractivity contribution in [2.75, 3.05) is 52.4 Å². The lowest BCUT2D eigenvalue weighted by Gasteiger charge is -2.35. The lowest BCUT2D eigenvalue weighted by molar-refractivity contribution is 0.0616. The highest BCUT2D eigenvalue weighted by Crippen LogP contribution is 2.23. The molecule has 3 heterocycles. The smallest absolute Gasteiger partial charge is 0.261 e. The van der Waals surface area contributed by atoms with Crippen LogP contribution in [0.5, 0.6) is 0 Å². The van der Waals surface area contributed by atoms with E-state index in [1.807, 2.05) is 0 Å². The van der Waals surface area contributed by atoms with Crippen LogP contribution in [-0.4, -0.2) is 95.6 Å². The molecule has 8 heteroatoms. The number of imide groups is 2. The number of carbonyl (C=O) groups excluding carboxylic acids is 4. The molecule has 0 spiro atoms.